The fourth-order valence-corrected chi connectivity index (χ4v) is 5.17. The van der Waals surface area contributed by atoms with E-state index in [0.29, 0.717) is 38.6 Å². The Hall–Kier alpha value is -3.93. The minimum absolute atomic E-state index is 0.0898. The first-order valence-electron chi connectivity index (χ1n) is 13.5. The van der Waals surface area contributed by atoms with Gasteiger partial charge in [-0.05, 0) is 68.2 Å². The second-order valence-corrected chi connectivity index (χ2v) is 10.1. The topological polar surface area (TPSA) is 86.7 Å². The van der Waals surface area contributed by atoms with Gasteiger partial charge in [0.15, 0.2) is 0 Å². The molecular formula is C32H36N2O4. The second-order valence-electron chi connectivity index (χ2n) is 10.1. The normalized spacial score (nSPS) is 17.3. The molecule has 1 heterocycles. The Kier molecular flexibility index (Phi) is 9.68. The molecule has 3 aromatic rings. The quantitative estimate of drug-likeness (QED) is 0.366. The number of carboxylic acid groups (broad SMARTS) is 1. The molecule has 1 saturated heterocycles. The number of hydrogen-bond acceptors (Lipinski definition) is 3. The first-order chi connectivity index (χ1) is 18.5. The van der Waals surface area contributed by atoms with E-state index in [4.69, 9.17) is 0 Å². The van der Waals surface area contributed by atoms with Crippen molar-refractivity contribution >= 4 is 23.5 Å². The maximum atomic E-state index is 13.6. The van der Waals surface area contributed by atoms with Crippen molar-refractivity contribution in [1.82, 2.24) is 5.32 Å². The third-order valence-electron chi connectivity index (χ3n) is 7.31. The number of aliphatic carboxylic acids is 1. The van der Waals surface area contributed by atoms with Crippen LogP contribution in [0.25, 0.3) is 0 Å². The molecule has 38 heavy (non-hydrogen) atoms. The molecule has 0 unspecified atom stereocenters. The van der Waals surface area contributed by atoms with Crippen LogP contribution in [0.1, 0.15) is 43.2 Å². The van der Waals surface area contributed by atoms with Gasteiger partial charge in [-0.3, -0.25) is 14.4 Å². The number of amides is 2. The van der Waals surface area contributed by atoms with E-state index in [1.54, 1.807) is 4.90 Å². The van der Waals surface area contributed by atoms with Crippen LogP contribution in [0, 0.1) is 11.8 Å². The molecular weight excluding hydrogens is 476 g/mol. The molecule has 198 valence electrons. The lowest BCUT2D eigenvalue weighted by atomic mass is 9.87. The summed E-state index contributed by atoms with van der Waals surface area (Å²) in [6.45, 7) is 0.627. The number of nitrogens with zero attached hydrogens (tertiary/aromatic N) is 1. The van der Waals surface area contributed by atoms with Gasteiger partial charge in [-0.25, -0.2) is 0 Å². The molecule has 0 radical (unpaired) electrons. The first-order valence-corrected chi connectivity index (χ1v) is 13.5. The number of hydrogen-bond donors (Lipinski definition) is 2. The molecule has 0 bridgehead atoms. The van der Waals surface area contributed by atoms with Crippen molar-refractivity contribution in [3.63, 3.8) is 0 Å². The summed E-state index contributed by atoms with van der Waals surface area (Å²) in [6, 6.07) is 28.3. The fraction of sp³-hybridized carbons (Fsp3) is 0.344. The summed E-state index contributed by atoms with van der Waals surface area (Å²) in [5.74, 6) is -2.16. The number of carbonyl (C=O) groups excluding carboxylic acids is 2. The number of carbonyl (C=O) groups is 3. The molecule has 1 aliphatic rings. The molecule has 2 N–H and O–H groups in total. The Morgan fingerprint density at radius 2 is 1.32 bits per heavy atom. The van der Waals surface area contributed by atoms with Gasteiger partial charge in [0.1, 0.15) is 6.04 Å². The van der Waals surface area contributed by atoms with E-state index in [9.17, 15) is 19.5 Å². The van der Waals surface area contributed by atoms with E-state index in [1.807, 2.05) is 91.0 Å². The molecule has 0 aromatic heterocycles. The van der Waals surface area contributed by atoms with Gasteiger partial charge >= 0.3 is 5.97 Å². The molecule has 1 fully saturated rings. The van der Waals surface area contributed by atoms with Crippen LogP contribution in [-0.4, -0.2) is 35.5 Å². The monoisotopic (exact) mass is 512 g/mol. The van der Waals surface area contributed by atoms with Gasteiger partial charge in [0.2, 0.25) is 11.8 Å². The second kappa shape index (κ2) is 13.6. The summed E-state index contributed by atoms with van der Waals surface area (Å²) in [5, 5.41) is 12.9. The molecule has 0 aliphatic carbocycles. The van der Waals surface area contributed by atoms with Gasteiger partial charge in [-0.15, -0.1) is 0 Å². The largest absolute Gasteiger partial charge is 0.481 e. The van der Waals surface area contributed by atoms with Gasteiger partial charge in [-0.2, -0.15) is 0 Å². The summed E-state index contributed by atoms with van der Waals surface area (Å²) in [6.07, 6.45) is 4.04. The van der Waals surface area contributed by atoms with Gasteiger partial charge in [-0.1, -0.05) is 78.9 Å². The van der Waals surface area contributed by atoms with Gasteiger partial charge < -0.3 is 15.3 Å². The Morgan fingerprint density at radius 1 is 0.789 bits per heavy atom. The Labute approximate surface area is 224 Å². The van der Waals surface area contributed by atoms with Crippen molar-refractivity contribution in [3.8, 4) is 0 Å². The van der Waals surface area contributed by atoms with E-state index in [-0.39, 0.29) is 11.8 Å². The predicted molar refractivity (Wildman–Crippen MR) is 149 cm³/mol. The van der Waals surface area contributed by atoms with Crippen molar-refractivity contribution in [2.24, 2.45) is 11.8 Å². The smallest absolute Gasteiger partial charge is 0.306 e. The van der Waals surface area contributed by atoms with E-state index in [1.165, 1.54) is 0 Å². The highest BCUT2D eigenvalue weighted by Crippen LogP contribution is 2.24. The number of anilines is 1. The van der Waals surface area contributed by atoms with Crippen LogP contribution >= 0.6 is 0 Å². The summed E-state index contributed by atoms with van der Waals surface area (Å²) in [5.41, 5.74) is 2.82. The average molecular weight is 513 g/mol. The molecule has 6 heteroatoms. The third kappa shape index (κ3) is 7.54. The number of rotatable bonds is 11. The molecule has 4 rings (SSSR count). The highest BCUT2D eigenvalue weighted by molar-refractivity contribution is 5.99. The van der Waals surface area contributed by atoms with Crippen LogP contribution in [0.3, 0.4) is 0 Å². The highest BCUT2D eigenvalue weighted by Gasteiger charge is 2.32. The number of para-hydroxylation sites is 1. The lowest BCUT2D eigenvalue weighted by Crippen LogP contribution is -2.49. The van der Waals surface area contributed by atoms with Gasteiger partial charge in [0.25, 0.3) is 0 Å². The molecule has 1 aliphatic heterocycles. The number of carboxylic acids is 1. The van der Waals surface area contributed by atoms with Crippen molar-refractivity contribution in [1.29, 1.82) is 0 Å². The van der Waals surface area contributed by atoms with Crippen LogP contribution in [0.15, 0.2) is 91.0 Å². The van der Waals surface area contributed by atoms with E-state index < -0.39 is 23.8 Å². The number of benzene rings is 3. The zero-order chi connectivity index (χ0) is 26.7. The summed E-state index contributed by atoms with van der Waals surface area (Å²) in [7, 11) is 0. The maximum absolute atomic E-state index is 13.6. The standard InChI is InChI=1S/C32H36N2O4/c35-30(33-29-18-10-11-21-34(31(29)36)28-16-8-3-9-17-28)26(22-24-12-4-1-5-13-24)19-20-27(32(37)38)23-25-14-6-2-7-15-25/h1-9,12-17,26-27,29H,10-11,18-23H2,(H,33,35)(H,37,38)/t26-,27-,29-/m1/s1. The fourth-order valence-electron chi connectivity index (χ4n) is 5.17. The molecule has 3 atom stereocenters. The molecule has 0 saturated carbocycles. The van der Waals surface area contributed by atoms with Crippen LogP contribution in [0.2, 0.25) is 0 Å². The molecule has 3 aromatic carbocycles. The summed E-state index contributed by atoms with van der Waals surface area (Å²) in [4.78, 5) is 40.9. The predicted octanol–water partition coefficient (Wildman–Crippen LogP) is 5.27. The van der Waals surface area contributed by atoms with Crippen molar-refractivity contribution in [3.05, 3.63) is 102 Å². The molecule has 0 spiro atoms. The van der Waals surface area contributed by atoms with Gasteiger partial charge in [0, 0.05) is 18.2 Å². The molecule has 6 nitrogen and oxygen atoms in total. The number of nitrogens with one attached hydrogen (secondary N) is 1. The van der Waals surface area contributed by atoms with Crippen LogP contribution in [-0.2, 0) is 27.2 Å². The zero-order valence-corrected chi connectivity index (χ0v) is 21.7. The minimum Gasteiger partial charge on any atom is -0.481 e. The van der Waals surface area contributed by atoms with E-state index >= 15 is 0 Å². The minimum atomic E-state index is -0.856. The van der Waals surface area contributed by atoms with Crippen LogP contribution in [0.5, 0.6) is 0 Å². The first kappa shape index (κ1) is 27.1. The third-order valence-corrected chi connectivity index (χ3v) is 7.31. The SMILES string of the molecule is O=C(O)[C@H](CC[C@H](Cc1ccccc1)C(=O)N[C@@H]1CCCCN(c2ccccc2)C1=O)Cc1ccccc1. The Bertz CT molecular complexity index is 1180. The van der Waals surface area contributed by atoms with E-state index in [0.717, 1.165) is 29.7 Å². The molecule has 2 amide bonds. The van der Waals surface area contributed by atoms with Crippen LogP contribution < -0.4 is 10.2 Å². The van der Waals surface area contributed by atoms with Crippen molar-refractivity contribution < 1.29 is 19.5 Å². The van der Waals surface area contributed by atoms with Crippen molar-refractivity contribution in [2.75, 3.05) is 11.4 Å². The lowest BCUT2D eigenvalue weighted by molar-refractivity contribution is -0.142. The Morgan fingerprint density at radius 3 is 1.89 bits per heavy atom. The van der Waals surface area contributed by atoms with Gasteiger partial charge in [0.05, 0.1) is 5.92 Å². The summed E-state index contributed by atoms with van der Waals surface area (Å²) < 4.78 is 0. The maximum Gasteiger partial charge on any atom is 0.306 e. The highest BCUT2D eigenvalue weighted by atomic mass is 16.4. The average Bonchev–Trinajstić information content (AvgIpc) is 3.12. The van der Waals surface area contributed by atoms with E-state index in [2.05, 4.69) is 5.32 Å². The van der Waals surface area contributed by atoms with Crippen molar-refractivity contribution in [2.45, 2.75) is 51.0 Å². The Balaban J connectivity index is 1.47. The van der Waals surface area contributed by atoms with Crippen LogP contribution in [0.4, 0.5) is 5.69 Å². The lowest BCUT2D eigenvalue weighted by Gasteiger charge is -2.27. The summed E-state index contributed by atoms with van der Waals surface area (Å²) >= 11 is 0. The zero-order valence-electron chi connectivity index (χ0n) is 21.7.